The summed E-state index contributed by atoms with van der Waals surface area (Å²) in [6.07, 6.45) is 5.06. The molecule has 1 fully saturated rings. The second kappa shape index (κ2) is 16.1. The maximum absolute atomic E-state index is 13.8. The zero-order valence-electron chi connectivity index (χ0n) is 28.4. The zero-order chi connectivity index (χ0) is 35.1. The van der Waals surface area contributed by atoms with Crippen molar-refractivity contribution in [3.05, 3.63) is 77.9 Å². The van der Waals surface area contributed by atoms with Crippen molar-refractivity contribution in [2.45, 2.75) is 83.8 Å². The van der Waals surface area contributed by atoms with Crippen LogP contribution in [0, 0.1) is 23.7 Å². The van der Waals surface area contributed by atoms with Gasteiger partial charge < -0.3 is 21.3 Å². The first-order valence-electron chi connectivity index (χ1n) is 17.4. The summed E-state index contributed by atoms with van der Waals surface area (Å²) in [5.41, 5.74) is 2.39. The Balaban J connectivity index is 1.39. The van der Waals surface area contributed by atoms with Gasteiger partial charge >= 0.3 is 0 Å². The average Bonchev–Trinajstić information content (AvgIpc) is 3.33. The Labute approximate surface area is 287 Å². The number of benzene rings is 2. The molecule has 2 heterocycles. The number of nitrogens with zero attached hydrogens (tertiary/aromatic N) is 1. The van der Waals surface area contributed by atoms with Gasteiger partial charge in [0.1, 0.15) is 18.1 Å². The quantitative estimate of drug-likeness (QED) is 0.283. The van der Waals surface area contributed by atoms with Crippen LogP contribution >= 0.6 is 0 Å². The van der Waals surface area contributed by atoms with Gasteiger partial charge in [-0.15, -0.1) is 0 Å². The number of para-hydroxylation sites is 1. The maximum Gasteiger partial charge on any atom is 0.243 e. The van der Waals surface area contributed by atoms with Crippen molar-refractivity contribution in [1.29, 1.82) is 0 Å². The van der Waals surface area contributed by atoms with Crippen molar-refractivity contribution in [2.24, 2.45) is 23.7 Å². The number of hydrogen-bond acceptors (Lipinski definition) is 6. The highest BCUT2D eigenvalue weighted by atomic mass is 16.2. The minimum absolute atomic E-state index is 0.0475. The smallest absolute Gasteiger partial charge is 0.243 e. The Morgan fingerprint density at radius 1 is 0.755 bits per heavy atom. The van der Waals surface area contributed by atoms with Crippen LogP contribution in [-0.4, -0.2) is 60.1 Å². The normalized spacial score (nSPS) is 27.5. The molecule has 11 heteroatoms. The monoisotopic (exact) mass is 669 g/mol. The second-order valence-electron chi connectivity index (χ2n) is 13.9. The molecule has 3 aliphatic rings. The molecule has 0 spiro atoms. The third kappa shape index (κ3) is 8.82. The van der Waals surface area contributed by atoms with Gasteiger partial charge in [0.05, 0.1) is 17.5 Å². The molecule has 0 aromatic heterocycles. The summed E-state index contributed by atoms with van der Waals surface area (Å²) in [6, 6.07) is 15.4. The Morgan fingerprint density at radius 2 is 1.41 bits per heavy atom. The van der Waals surface area contributed by atoms with Gasteiger partial charge in [0.25, 0.3) is 0 Å². The fourth-order valence-electron chi connectivity index (χ4n) is 7.09. The number of carbonyl (C=O) groups excluding carboxylic acids is 6. The SMILES string of the molecule is CC(C)CC1NC(=O)C(Cc2ccccc2)NC(=O)CCCCC2=CC(CNC(=O)[C@H](C)NC1=O)C1C(=O)N(c3ccccc3)C(=O)C1C2. The van der Waals surface area contributed by atoms with Gasteiger partial charge in [-0.2, -0.15) is 0 Å². The summed E-state index contributed by atoms with van der Waals surface area (Å²) in [5, 5.41) is 11.4. The first-order valence-corrected chi connectivity index (χ1v) is 17.4. The first-order chi connectivity index (χ1) is 23.5. The molecule has 2 bridgehead atoms. The molecule has 5 rings (SSSR count). The summed E-state index contributed by atoms with van der Waals surface area (Å²) in [7, 11) is 0. The van der Waals surface area contributed by atoms with E-state index in [4.69, 9.17) is 0 Å². The number of hydrogen-bond donors (Lipinski definition) is 4. The highest BCUT2D eigenvalue weighted by molar-refractivity contribution is 6.22. The molecule has 6 atom stereocenters. The number of fused-ring (bicyclic) bond motifs is 3. The summed E-state index contributed by atoms with van der Waals surface area (Å²) < 4.78 is 0. The molecule has 6 amide bonds. The number of allylic oxidation sites excluding steroid dienone is 1. The Hall–Kier alpha value is -4.80. The highest BCUT2D eigenvalue weighted by Gasteiger charge is 2.52. The van der Waals surface area contributed by atoms with E-state index in [2.05, 4.69) is 21.3 Å². The lowest BCUT2D eigenvalue weighted by molar-refractivity contribution is -0.134. The molecule has 0 saturated carbocycles. The van der Waals surface area contributed by atoms with Gasteiger partial charge in [0.2, 0.25) is 35.4 Å². The van der Waals surface area contributed by atoms with Crippen LogP contribution in [0.3, 0.4) is 0 Å². The van der Waals surface area contributed by atoms with Gasteiger partial charge in [-0.1, -0.05) is 74.0 Å². The molecule has 1 aliphatic carbocycles. The Kier molecular flexibility index (Phi) is 11.6. The van der Waals surface area contributed by atoms with Crippen molar-refractivity contribution in [1.82, 2.24) is 21.3 Å². The molecular formula is C38H47N5O6. The number of carbonyl (C=O) groups is 6. The number of amides is 6. The fourth-order valence-corrected chi connectivity index (χ4v) is 7.09. The third-order valence-corrected chi connectivity index (χ3v) is 9.57. The summed E-state index contributed by atoms with van der Waals surface area (Å²) in [6.45, 7) is 5.54. The Morgan fingerprint density at radius 3 is 2.10 bits per heavy atom. The lowest BCUT2D eigenvalue weighted by Gasteiger charge is -2.30. The van der Waals surface area contributed by atoms with E-state index in [0.29, 0.717) is 37.8 Å². The maximum atomic E-state index is 13.8. The van der Waals surface area contributed by atoms with Gasteiger partial charge in [0, 0.05) is 25.3 Å². The van der Waals surface area contributed by atoms with Gasteiger partial charge in [-0.05, 0) is 62.6 Å². The molecule has 2 aliphatic heterocycles. The van der Waals surface area contributed by atoms with E-state index < -0.39 is 53.6 Å². The van der Waals surface area contributed by atoms with Crippen molar-refractivity contribution >= 4 is 41.1 Å². The molecule has 11 nitrogen and oxygen atoms in total. The molecule has 2 aromatic rings. The number of nitrogens with one attached hydrogen (secondary N) is 4. The van der Waals surface area contributed by atoms with E-state index >= 15 is 0 Å². The average molecular weight is 670 g/mol. The minimum Gasteiger partial charge on any atom is -0.354 e. The first kappa shape index (κ1) is 35.5. The molecular weight excluding hydrogens is 622 g/mol. The number of anilines is 1. The number of rotatable bonds is 5. The summed E-state index contributed by atoms with van der Waals surface area (Å²) in [4.78, 5) is 82.3. The Bertz CT molecular complexity index is 1580. The standard InChI is InChI=1S/C38H47N5O6/c1-23(2)18-30-35(46)40-24(3)34(45)39-22-27-19-26(20-29-33(27)38(49)43(37(29)48)28-15-8-5-9-16-28)14-10-11-17-32(44)41-31(36(47)42-30)21-25-12-6-4-7-13-25/h4-9,12-13,15-16,19,23-24,27,29-31,33H,10-11,14,17-18,20-22H2,1-3H3,(H,39,45)(H,40,46)(H,41,44)(H,42,47)/t24-,27?,29?,30?,31?,33?/m0/s1. The van der Waals surface area contributed by atoms with E-state index in [0.717, 1.165) is 11.1 Å². The third-order valence-electron chi connectivity index (χ3n) is 9.57. The van der Waals surface area contributed by atoms with Crippen molar-refractivity contribution in [3.8, 4) is 0 Å². The van der Waals surface area contributed by atoms with Crippen molar-refractivity contribution in [2.75, 3.05) is 11.4 Å². The molecule has 2 aromatic carbocycles. The van der Waals surface area contributed by atoms with E-state index in [1.807, 2.05) is 56.3 Å². The van der Waals surface area contributed by atoms with Crippen molar-refractivity contribution in [3.63, 3.8) is 0 Å². The van der Waals surface area contributed by atoms with E-state index in [1.54, 1.807) is 31.2 Å². The van der Waals surface area contributed by atoms with Crippen LogP contribution in [0.4, 0.5) is 5.69 Å². The number of imide groups is 1. The predicted octanol–water partition coefficient (Wildman–Crippen LogP) is 3.19. The lowest BCUT2D eigenvalue weighted by Crippen LogP contribution is -2.57. The molecule has 260 valence electrons. The van der Waals surface area contributed by atoms with Gasteiger partial charge in [-0.3, -0.25) is 33.7 Å². The van der Waals surface area contributed by atoms with Crippen molar-refractivity contribution < 1.29 is 28.8 Å². The van der Waals surface area contributed by atoms with Crippen LogP contribution in [0.5, 0.6) is 0 Å². The van der Waals surface area contributed by atoms with E-state index in [-0.39, 0.29) is 43.0 Å². The molecule has 49 heavy (non-hydrogen) atoms. The fraction of sp³-hybridized carbons (Fsp3) is 0.474. The zero-order valence-corrected chi connectivity index (χ0v) is 28.4. The topological polar surface area (TPSA) is 154 Å². The van der Waals surface area contributed by atoms with Gasteiger partial charge in [-0.25, -0.2) is 0 Å². The van der Waals surface area contributed by atoms with E-state index in [9.17, 15) is 28.8 Å². The predicted molar refractivity (Wildman–Crippen MR) is 185 cm³/mol. The molecule has 5 unspecified atom stereocenters. The minimum atomic E-state index is -0.939. The molecule has 0 radical (unpaired) electrons. The van der Waals surface area contributed by atoms with Crippen LogP contribution in [0.25, 0.3) is 0 Å². The van der Waals surface area contributed by atoms with E-state index in [1.165, 1.54) is 4.90 Å². The summed E-state index contributed by atoms with van der Waals surface area (Å²) in [5.74, 6) is -3.81. The summed E-state index contributed by atoms with van der Waals surface area (Å²) >= 11 is 0. The van der Waals surface area contributed by atoms with Gasteiger partial charge in [0.15, 0.2) is 0 Å². The largest absolute Gasteiger partial charge is 0.354 e. The highest BCUT2D eigenvalue weighted by Crippen LogP contribution is 2.43. The van der Waals surface area contributed by atoms with Crippen LogP contribution in [0.1, 0.15) is 64.9 Å². The lowest BCUT2D eigenvalue weighted by atomic mass is 9.73. The van der Waals surface area contributed by atoms with Crippen LogP contribution in [0.15, 0.2) is 72.3 Å². The molecule has 1 saturated heterocycles. The molecule has 4 N–H and O–H groups in total. The van der Waals surface area contributed by atoms with Crippen LogP contribution in [-0.2, 0) is 35.2 Å². The second-order valence-corrected chi connectivity index (χ2v) is 13.9. The van der Waals surface area contributed by atoms with Crippen LogP contribution < -0.4 is 26.2 Å². The van der Waals surface area contributed by atoms with Crippen LogP contribution in [0.2, 0.25) is 0 Å².